The van der Waals surface area contributed by atoms with Gasteiger partial charge in [-0.05, 0) is 12.2 Å². The van der Waals surface area contributed by atoms with E-state index in [1.807, 2.05) is 5.92 Å². The molecule has 0 fully saturated rings. The van der Waals surface area contributed by atoms with Crippen molar-refractivity contribution in [3.05, 3.63) is 0 Å². The minimum absolute atomic E-state index is 0.267. The van der Waals surface area contributed by atoms with Gasteiger partial charge in [0, 0.05) is 12.3 Å². The van der Waals surface area contributed by atoms with E-state index in [1.54, 1.807) is 0 Å². The zero-order chi connectivity index (χ0) is 8.04. The summed E-state index contributed by atoms with van der Waals surface area (Å²) in [5.41, 5.74) is 0. The minimum Gasteiger partial charge on any atom is -0.179 e. The SMILES string of the molecule is FC(F)(F)C#CCCCS. The van der Waals surface area contributed by atoms with Crippen molar-refractivity contribution < 1.29 is 13.2 Å². The van der Waals surface area contributed by atoms with Gasteiger partial charge in [-0.3, -0.25) is 0 Å². The number of thiol groups is 1. The molecular weight excluding hydrogens is 161 g/mol. The maximum atomic E-state index is 11.3. The van der Waals surface area contributed by atoms with Gasteiger partial charge in [-0.1, -0.05) is 5.92 Å². The van der Waals surface area contributed by atoms with Crippen LogP contribution in [0.1, 0.15) is 12.8 Å². The third-order valence-corrected chi connectivity index (χ3v) is 1.01. The van der Waals surface area contributed by atoms with Crippen molar-refractivity contribution in [1.29, 1.82) is 0 Å². The summed E-state index contributed by atoms with van der Waals surface area (Å²) in [7, 11) is 0. The molecule has 0 saturated heterocycles. The Morgan fingerprint density at radius 3 is 2.30 bits per heavy atom. The van der Waals surface area contributed by atoms with E-state index in [-0.39, 0.29) is 6.42 Å². The van der Waals surface area contributed by atoms with E-state index in [2.05, 4.69) is 12.6 Å². The van der Waals surface area contributed by atoms with Gasteiger partial charge in [-0.15, -0.1) is 0 Å². The molecule has 0 aliphatic carbocycles. The predicted molar refractivity (Wildman–Crippen MR) is 36.9 cm³/mol. The largest absolute Gasteiger partial charge is 0.457 e. The molecule has 0 rings (SSSR count). The second-order valence-electron chi connectivity index (χ2n) is 1.63. The number of unbranched alkanes of at least 4 members (excludes halogenated alkanes) is 1. The molecule has 0 amide bonds. The highest BCUT2D eigenvalue weighted by Crippen LogP contribution is 2.11. The molecule has 0 spiro atoms. The second kappa shape index (κ2) is 4.51. The first kappa shape index (κ1) is 9.70. The van der Waals surface area contributed by atoms with E-state index >= 15 is 0 Å². The van der Waals surface area contributed by atoms with Crippen LogP contribution in [0, 0.1) is 11.8 Å². The highest BCUT2D eigenvalue weighted by molar-refractivity contribution is 7.80. The maximum Gasteiger partial charge on any atom is 0.457 e. The third kappa shape index (κ3) is 7.70. The maximum absolute atomic E-state index is 11.3. The average molecular weight is 168 g/mol. The van der Waals surface area contributed by atoms with E-state index in [0.29, 0.717) is 12.2 Å². The topological polar surface area (TPSA) is 0 Å². The summed E-state index contributed by atoms with van der Waals surface area (Å²) < 4.78 is 33.9. The Labute approximate surface area is 63.2 Å². The third-order valence-electron chi connectivity index (χ3n) is 0.690. The number of halogens is 3. The summed E-state index contributed by atoms with van der Waals surface area (Å²) >= 11 is 3.82. The van der Waals surface area contributed by atoms with Gasteiger partial charge in [0.15, 0.2) is 0 Å². The fourth-order valence-corrected chi connectivity index (χ4v) is 0.488. The standard InChI is InChI=1S/C6H7F3S/c7-6(8,9)4-2-1-3-5-10/h10H,1,3,5H2. The number of hydrogen-bond donors (Lipinski definition) is 1. The number of alkyl halides is 3. The molecule has 0 aromatic heterocycles. The highest BCUT2D eigenvalue weighted by atomic mass is 32.1. The Morgan fingerprint density at radius 1 is 1.30 bits per heavy atom. The van der Waals surface area contributed by atoms with Gasteiger partial charge in [0.1, 0.15) is 0 Å². The molecule has 58 valence electrons. The van der Waals surface area contributed by atoms with Crippen LogP contribution >= 0.6 is 12.6 Å². The van der Waals surface area contributed by atoms with Gasteiger partial charge in [0.05, 0.1) is 0 Å². The normalized spacial score (nSPS) is 10.4. The van der Waals surface area contributed by atoms with Crippen LogP contribution in [-0.4, -0.2) is 11.9 Å². The van der Waals surface area contributed by atoms with Gasteiger partial charge in [0.25, 0.3) is 0 Å². The van der Waals surface area contributed by atoms with E-state index < -0.39 is 6.18 Å². The predicted octanol–water partition coefficient (Wildman–Crippen LogP) is 2.26. The van der Waals surface area contributed by atoms with Gasteiger partial charge in [-0.25, -0.2) is 0 Å². The quantitative estimate of drug-likeness (QED) is 0.365. The average Bonchev–Trinajstić information content (AvgIpc) is 1.78. The summed E-state index contributed by atoms with van der Waals surface area (Å²) in [6, 6.07) is 0. The first-order chi connectivity index (χ1) is 4.56. The zero-order valence-corrected chi connectivity index (χ0v) is 6.10. The van der Waals surface area contributed by atoms with Crippen LogP contribution in [0.5, 0.6) is 0 Å². The molecule has 0 atom stereocenters. The highest BCUT2D eigenvalue weighted by Gasteiger charge is 2.22. The van der Waals surface area contributed by atoms with Gasteiger partial charge in [0.2, 0.25) is 0 Å². The van der Waals surface area contributed by atoms with Crippen LogP contribution < -0.4 is 0 Å². The molecule has 0 unspecified atom stereocenters. The Morgan fingerprint density at radius 2 is 1.90 bits per heavy atom. The molecular formula is C6H7F3S. The summed E-state index contributed by atoms with van der Waals surface area (Å²) in [6.07, 6.45) is -3.47. The molecule has 4 heteroatoms. The summed E-state index contributed by atoms with van der Waals surface area (Å²) in [6.45, 7) is 0. The Bertz CT molecular complexity index is 139. The summed E-state index contributed by atoms with van der Waals surface area (Å²) in [5, 5.41) is 0. The molecule has 0 aliphatic rings. The second-order valence-corrected chi connectivity index (χ2v) is 2.07. The molecule has 0 N–H and O–H groups in total. The van der Waals surface area contributed by atoms with Gasteiger partial charge >= 0.3 is 6.18 Å². The Hall–Kier alpha value is -0.300. The van der Waals surface area contributed by atoms with Crippen LogP contribution in [0.15, 0.2) is 0 Å². The van der Waals surface area contributed by atoms with Gasteiger partial charge < -0.3 is 0 Å². The van der Waals surface area contributed by atoms with E-state index in [9.17, 15) is 13.2 Å². The van der Waals surface area contributed by atoms with Crippen LogP contribution in [0.2, 0.25) is 0 Å². The van der Waals surface area contributed by atoms with Crippen molar-refractivity contribution >= 4 is 12.6 Å². The lowest BCUT2D eigenvalue weighted by Crippen LogP contribution is -2.01. The van der Waals surface area contributed by atoms with E-state index in [1.165, 1.54) is 5.92 Å². The van der Waals surface area contributed by atoms with Crippen LogP contribution in [0.3, 0.4) is 0 Å². The molecule has 10 heavy (non-hydrogen) atoms. The minimum atomic E-state index is -4.34. The summed E-state index contributed by atoms with van der Waals surface area (Å²) in [4.78, 5) is 0. The van der Waals surface area contributed by atoms with Crippen molar-refractivity contribution in [2.24, 2.45) is 0 Å². The summed E-state index contributed by atoms with van der Waals surface area (Å²) in [5.74, 6) is 3.75. The molecule has 0 heterocycles. The Balaban J connectivity index is 3.50. The van der Waals surface area contributed by atoms with Crippen molar-refractivity contribution in [1.82, 2.24) is 0 Å². The molecule has 0 aromatic carbocycles. The first-order valence-electron chi connectivity index (χ1n) is 2.74. The molecule has 0 nitrogen and oxygen atoms in total. The molecule has 0 saturated carbocycles. The fraction of sp³-hybridized carbons (Fsp3) is 0.667. The lowest BCUT2D eigenvalue weighted by Gasteiger charge is -1.91. The van der Waals surface area contributed by atoms with Crippen LogP contribution in [0.25, 0.3) is 0 Å². The molecule has 0 aromatic rings. The van der Waals surface area contributed by atoms with E-state index in [0.717, 1.165) is 0 Å². The van der Waals surface area contributed by atoms with Crippen LogP contribution in [0.4, 0.5) is 13.2 Å². The van der Waals surface area contributed by atoms with Crippen molar-refractivity contribution in [2.75, 3.05) is 5.75 Å². The van der Waals surface area contributed by atoms with Crippen molar-refractivity contribution in [3.63, 3.8) is 0 Å². The van der Waals surface area contributed by atoms with E-state index in [4.69, 9.17) is 0 Å². The van der Waals surface area contributed by atoms with Crippen molar-refractivity contribution in [2.45, 2.75) is 19.0 Å². The number of rotatable bonds is 2. The lowest BCUT2D eigenvalue weighted by atomic mass is 10.3. The monoisotopic (exact) mass is 168 g/mol. The Kier molecular flexibility index (Phi) is 4.37. The van der Waals surface area contributed by atoms with Crippen molar-refractivity contribution in [3.8, 4) is 11.8 Å². The zero-order valence-electron chi connectivity index (χ0n) is 5.20. The smallest absolute Gasteiger partial charge is 0.179 e. The molecule has 0 radical (unpaired) electrons. The first-order valence-corrected chi connectivity index (χ1v) is 3.37. The molecule has 0 bridgehead atoms. The van der Waals surface area contributed by atoms with Gasteiger partial charge in [-0.2, -0.15) is 25.8 Å². The van der Waals surface area contributed by atoms with Crippen LogP contribution in [-0.2, 0) is 0 Å². The lowest BCUT2D eigenvalue weighted by molar-refractivity contribution is -0.0697. The fourth-order valence-electron chi connectivity index (χ4n) is 0.330. The molecule has 0 aliphatic heterocycles. The number of hydrogen-bond acceptors (Lipinski definition) is 1.